The van der Waals surface area contributed by atoms with Gasteiger partial charge in [-0.1, -0.05) is 0 Å². The highest BCUT2D eigenvalue weighted by molar-refractivity contribution is 9.10. The predicted octanol–water partition coefficient (Wildman–Crippen LogP) is 2.40. The molecule has 6 nitrogen and oxygen atoms in total. The van der Waals surface area contributed by atoms with E-state index in [1.165, 1.54) is 10.7 Å². The summed E-state index contributed by atoms with van der Waals surface area (Å²) < 4.78 is 15.1. The summed E-state index contributed by atoms with van der Waals surface area (Å²) in [6.07, 6.45) is 0. The Balaban J connectivity index is 2.14. The first kappa shape index (κ1) is 13.5. The Morgan fingerprint density at radius 3 is 2.62 bits per heavy atom. The van der Waals surface area contributed by atoms with Crippen molar-refractivity contribution >= 4 is 27.3 Å². The zero-order valence-electron chi connectivity index (χ0n) is 10.7. The third kappa shape index (κ3) is 2.45. The van der Waals surface area contributed by atoms with Crippen LogP contribution in [0.3, 0.4) is 0 Å². The minimum Gasteiger partial charge on any atom is -0.399 e. The smallest absolute Gasteiger partial charge is 0.189 e. The molecular weight excluding hydrogens is 339 g/mol. The van der Waals surface area contributed by atoms with Crippen molar-refractivity contribution in [3.63, 3.8) is 0 Å². The quantitative estimate of drug-likeness (QED) is 0.693. The van der Waals surface area contributed by atoms with Gasteiger partial charge in [-0.15, -0.1) is 5.10 Å². The van der Waals surface area contributed by atoms with E-state index in [9.17, 15) is 4.39 Å². The molecule has 0 saturated carbocycles. The molecule has 0 fully saturated rings. The first-order chi connectivity index (χ1) is 10.1. The molecule has 1 aromatic heterocycles. The lowest BCUT2D eigenvalue weighted by molar-refractivity contribution is 0.620. The average molecular weight is 349 g/mol. The van der Waals surface area contributed by atoms with Gasteiger partial charge in [-0.2, -0.15) is 4.68 Å². The fourth-order valence-corrected chi connectivity index (χ4v) is 2.30. The molecule has 0 aliphatic heterocycles. The van der Waals surface area contributed by atoms with Gasteiger partial charge in [0.15, 0.2) is 5.82 Å². The van der Waals surface area contributed by atoms with Crippen molar-refractivity contribution in [1.82, 2.24) is 20.2 Å². The van der Waals surface area contributed by atoms with Gasteiger partial charge in [0.25, 0.3) is 0 Å². The standard InChI is InChI=1S/C13H10BrFN6/c14-10-6-8(2-4-11(10)15)21-13(18-19-20-21)9-3-1-7(16)5-12(9)17/h1-6H,16-17H2. The van der Waals surface area contributed by atoms with E-state index >= 15 is 0 Å². The summed E-state index contributed by atoms with van der Waals surface area (Å²) in [4.78, 5) is 0. The van der Waals surface area contributed by atoms with Crippen LogP contribution >= 0.6 is 15.9 Å². The molecule has 4 N–H and O–H groups in total. The summed E-state index contributed by atoms with van der Waals surface area (Å²) in [5.74, 6) is 0.0892. The molecule has 0 aliphatic carbocycles. The molecule has 0 radical (unpaired) electrons. The van der Waals surface area contributed by atoms with E-state index in [-0.39, 0.29) is 5.82 Å². The molecule has 0 amide bonds. The van der Waals surface area contributed by atoms with Crippen LogP contribution in [0.5, 0.6) is 0 Å². The van der Waals surface area contributed by atoms with Gasteiger partial charge in [-0.25, -0.2) is 4.39 Å². The van der Waals surface area contributed by atoms with Gasteiger partial charge in [-0.3, -0.25) is 0 Å². The fraction of sp³-hybridized carbons (Fsp3) is 0. The molecule has 0 spiro atoms. The molecule has 106 valence electrons. The van der Waals surface area contributed by atoms with Crippen molar-refractivity contribution in [2.24, 2.45) is 0 Å². The van der Waals surface area contributed by atoms with Gasteiger partial charge in [0.1, 0.15) is 5.82 Å². The van der Waals surface area contributed by atoms with Crippen molar-refractivity contribution in [3.05, 3.63) is 46.7 Å². The molecule has 3 aromatic rings. The molecule has 0 unspecified atom stereocenters. The van der Waals surface area contributed by atoms with Gasteiger partial charge < -0.3 is 11.5 Å². The van der Waals surface area contributed by atoms with E-state index in [2.05, 4.69) is 31.5 Å². The Kier molecular flexibility index (Phi) is 3.30. The van der Waals surface area contributed by atoms with Gasteiger partial charge in [0, 0.05) is 16.9 Å². The minimum atomic E-state index is -0.361. The highest BCUT2D eigenvalue weighted by Gasteiger charge is 2.14. The van der Waals surface area contributed by atoms with Crippen molar-refractivity contribution in [1.29, 1.82) is 0 Å². The van der Waals surface area contributed by atoms with Crippen LogP contribution in [0.4, 0.5) is 15.8 Å². The van der Waals surface area contributed by atoms with Crippen LogP contribution in [-0.4, -0.2) is 20.2 Å². The zero-order valence-corrected chi connectivity index (χ0v) is 12.2. The fourth-order valence-electron chi connectivity index (χ4n) is 1.93. The van der Waals surface area contributed by atoms with Gasteiger partial charge >= 0.3 is 0 Å². The number of tetrazole rings is 1. The van der Waals surface area contributed by atoms with Crippen LogP contribution in [-0.2, 0) is 0 Å². The van der Waals surface area contributed by atoms with Crippen molar-refractivity contribution in [2.45, 2.75) is 0 Å². The number of anilines is 2. The molecule has 2 aromatic carbocycles. The predicted molar refractivity (Wildman–Crippen MR) is 81.1 cm³/mol. The van der Waals surface area contributed by atoms with Gasteiger partial charge in [0.2, 0.25) is 0 Å². The third-order valence-electron chi connectivity index (χ3n) is 2.93. The van der Waals surface area contributed by atoms with Crippen LogP contribution in [0.25, 0.3) is 17.1 Å². The SMILES string of the molecule is Nc1ccc(-c2nnnn2-c2ccc(F)c(Br)c2)c(N)c1. The van der Waals surface area contributed by atoms with Gasteiger partial charge in [0.05, 0.1) is 10.2 Å². The number of hydrogen-bond donors (Lipinski definition) is 2. The summed E-state index contributed by atoms with van der Waals surface area (Å²) in [5.41, 5.74) is 13.9. The number of nitrogens with two attached hydrogens (primary N) is 2. The molecule has 21 heavy (non-hydrogen) atoms. The molecule has 1 heterocycles. The van der Waals surface area contributed by atoms with Crippen molar-refractivity contribution < 1.29 is 4.39 Å². The molecule has 3 rings (SSSR count). The third-order valence-corrected chi connectivity index (χ3v) is 3.54. The second-order valence-electron chi connectivity index (χ2n) is 4.36. The van der Waals surface area contributed by atoms with Crippen molar-refractivity contribution in [2.75, 3.05) is 11.5 Å². The molecule has 0 saturated heterocycles. The summed E-state index contributed by atoms with van der Waals surface area (Å²) >= 11 is 3.14. The number of nitrogen functional groups attached to an aromatic ring is 2. The average Bonchev–Trinajstić information content (AvgIpc) is 2.91. The first-order valence-corrected chi connectivity index (χ1v) is 6.75. The lowest BCUT2D eigenvalue weighted by atomic mass is 10.1. The summed E-state index contributed by atoms with van der Waals surface area (Å²) in [6, 6.07) is 9.58. The van der Waals surface area contributed by atoms with E-state index in [1.807, 2.05) is 0 Å². The van der Waals surface area contributed by atoms with Crippen LogP contribution < -0.4 is 11.5 Å². The Morgan fingerprint density at radius 1 is 1.10 bits per heavy atom. The minimum absolute atomic E-state index is 0.326. The number of benzene rings is 2. The number of nitrogens with zero attached hydrogens (tertiary/aromatic N) is 4. The maximum absolute atomic E-state index is 13.3. The highest BCUT2D eigenvalue weighted by Crippen LogP contribution is 2.28. The number of rotatable bonds is 2. The Bertz CT molecular complexity index is 816. The maximum Gasteiger partial charge on any atom is 0.189 e. The van der Waals surface area contributed by atoms with E-state index < -0.39 is 0 Å². The maximum atomic E-state index is 13.3. The van der Waals surface area contributed by atoms with Gasteiger partial charge in [-0.05, 0) is 62.8 Å². The Hall–Kier alpha value is -2.48. The second-order valence-corrected chi connectivity index (χ2v) is 5.21. The number of aromatic nitrogens is 4. The Morgan fingerprint density at radius 2 is 1.90 bits per heavy atom. The van der Waals surface area contributed by atoms with Crippen molar-refractivity contribution in [3.8, 4) is 17.1 Å². The first-order valence-electron chi connectivity index (χ1n) is 5.95. The molecule has 8 heteroatoms. The Labute approximate surface area is 127 Å². The zero-order chi connectivity index (χ0) is 15.0. The molecule has 0 atom stereocenters. The van der Waals surface area contributed by atoms with Crippen LogP contribution in [0.2, 0.25) is 0 Å². The van der Waals surface area contributed by atoms with Crippen LogP contribution in [0.1, 0.15) is 0 Å². The number of hydrogen-bond acceptors (Lipinski definition) is 5. The van der Waals surface area contributed by atoms with E-state index in [0.29, 0.717) is 32.9 Å². The van der Waals surface area contributed by atoms with E-state index in [0.717, 1.165) is 0 Å². The monoisotopic (exact) mass is 348 g/mol. The molecule has 0 aliphatic rings. The lowest BCUT2D eigenvalue weighted by Crippen LogP contribution is -2.02. The molecule has 0 bridgehead atoms. The van der Waals surface area contributed by atoms with E-state index in [1.54, 1.807) is 30.3 Å². The largest absolute Gasteiger partial charge is 0.399 e. The second kappa shape index (κ2) is 5.13. The van der Waals surface area contributed by atoms with Crippen LogP contribution in [0.15, 0.2) is 40.9 Å². The lowest BCUT2D eigenvalue weighted by Gasteiger charge is -2.08. The summed E-state index contributed by atoms with van der Waals surface area (Å²) in [7, 11) is 0. The molecular formula is C13H10BrFN6. The highest BCUT2D eigenvalue weighted by atomic mass is 79.9. The summed E-state index contributed by atoms with van der Waals surface area (Å²) in [5, 5.41) is 11.6. The van der Waals surface area contributed by atoms with E-state index in [4.69, 9.17) is 11.5 Å². The summed E-state index contributed by atoms with van der Waals surface area (Å²) in [6.45, 7) is 0. The topological polar surface area (TPSA) is 95.6 Å². The number of halogens is 2. The van der Waals surface area contributed by atoms with Crippen LogP contribution in [0, 0.1) is 5.82 Å². The normalized spacial score (nSPS) is 10.8.